The normalized spacial score (nSPS) is 9.67. The quantitative estimate of drug-likeness (QED) is 0.429. The summed E-state index contributed by atoms with van der Waals surface area (Å²) in [4.78, 5) is 22.8. The van der Waals surface area contributed by atoms with Gasteiger partial charge in [-0.1, -0.05) is 0 Å². The summed E-state index contributed by atoms with van der Waals surface area (Å²) in [6.45, 7) is 2.77. The van der Waals surface area contributed by atoms with Crippen molar-refractivity contribution in [1.29, 1.82) is 0 Å². The number of rotatable bonds is 6. The lowest BCUT2D eigenvalue weighted by molar-refractivity contribution is -0.120. The maximum absolute atomic E-state index is 11.7. The Morgan fingerprint density at radius 3 is 2.39 bits per heavy atom. The molecular formula is C12H18N4O2. The first-order valence-electron chi connectivity index (χ1n) is 5.79. The average Bonchev–Trinajstić information content (AvgIpc) is 2.39. The van der Waals surface area contributed by atoms with Gasteiger partial charge in [-0.05, 0) is 31.2 Å². The number of amides is 2. The van der Waals surface area contributed by atoms with Crippen molar-refractivity contribution >= 4 is 17.5 Å². The van der Waals surface area contributed by atoms with Gasteiger partial charge in [0.25, 0.3) is 5.91 Å². The van der Waals surface area contributed by atoms with Crippen LogP contribution < -0.4 is 21.9 Å². The van der Waals surface area contributed by atoms with Crippen LogP contribution in [0.1, 0.15) is 23.7 Å². The van der Waals surface area contributed by atoms with Crippen molar-refractivity contribution in [1.82, 2.24) is 10.6 Å². The lowest BCUT2D eigenvalue weighted by Gasteiger charge is -2.06. The third kappa shape index (κ3) is 4.42. The molecule has 6 heteroatoms. The molecule has 0 radical (unpaired) electrons. The third-order valence-corrected chi connectivity index (χ3v) is 2.33. The maximum Gasteiger partial charge on any atom is 0.251 e. The minimum absolute atomic E-state index is 0.0690. The molecule has 0 heterocycles. The summed E-state index contributed by atoms with van der Waals surface area (Å²) in [6.07, 6.45) is 0.280. The first-order chi connectivity index (χ1) is 8.67. The van der Waals surface area contributed by atoms with Crippen molar-refractivity contribution in [3.8, 4) is 0 Å². The smallest absolute Gasteiger partial charge is 0.251 e. The van der Waals surface area contributed by atoms with Crippen LogP contribution in [0.3, 0.4) is 0 Å². The SMILES string of the molecule is CCNC(=O)CCNC(=O)c1ccc(NN)cc1. The molecule has 6 nitrogen and oxygen atoms in total. The number of hydrogen-bond acceptors (Lipinski definition) is 4. The summed E-state index contributed by atoms with van der Waals surface area (Å²) in [7, 11) is 0. The van der Waals surface area contributed by atoms with Crippen molar-refractivity contribution in [2.24, 2.45) is 5.84 Å². The number of carbonyl (C=O) groups excluding carboxylic acids is 2. The van der Waals surface area contributed by atoms with Crippen molar-refractivity contribution in [3.63, 3.8) is 0 Å². The summed E-state index contributed by atoms with van der Waals surface area (Å²) in [5.41, 5.74) is 3.74. The van der Waals surface area contributed by atoms with E-state index in [0.29, 0.717) is 18.7 Å². The lowest BCUT2D eigenvalue weighted by Crippen LogP contribution is -2.30. The molecule has 1 aromatic carbocycles. The fourth-order valence-electron chi connectivity index (χ4n) is 1.40. The van der Waals surface area contributed by atoms with Crippen LogP contribution >= 0.6 is 0 Å². The number of hydrazine groups is 1. The number of nitrogens with one attached hydrogen (secondary N) is 3. The summed E-state index contributed by atoms with van der Waals surface area (Å²) in [5, 5.41) is 5.34. The van der Waals surface area contributed by atoms with Gasteiger partial charge in [-0.3, -0.25) is 15.4 Å². The van der Waals surface area contributed by atoms with Gasteiger partial charge in [-0.25, -0.2) is 0 Å². The van der Waals surface area contributed by atoms with Gasteiger partial charge in [0.15, 0.2) is 0 Å². The van der Waals surface area contributed by atoms with E-state index in [9.17, 15) is 9.59 Å². The average molecular weight is 250 g/mol. The van der Waals surface area contributed by atoms with E-state index in [1.165, 1.54) is 0 Å². The van der Waals surface area contributed by atoms with Crippen LogP contribution in [0.15, 0.2) is 24.3 Å². The van der Waals surface area contributed by atoms with Gasteiger partial charge in [0.2, 0.25) is 5.91 Å². The van der Waals surface area contributed by atoms with Gasteiger partial charge in [-0.15, -0.1) is 0 Å². The number of anilines is 1. The van der Waals surface area contributed by atoms with E-state index in [2.05, 4.69) is 16.1 Å². The van der Waals surface area contributed by atoms with E-state index >= 15 is 0 Å². The van der Waals surface area contributed by atoms with Crippen LogP contribution in [0.25, 0.3) is 0 Å². The highest BCUT2D eigenvalue weighted by Gasteiger charge is 2.05. The molecule has 1 rings (SSSR count). The van der Waals surface area contributed by atoms with E-state index in [4.69, 9.17) is 5.84 Å². The van der Waals surface area contributed by atoms with Crippen LogP contribution in [0.4, 0.5) is 5.69 Å². The Labute approximate surface area is 106 Å². The maximum atomic E-state index is 11.7. The molecule has 0 aromatic heterocycles. The zero-order valence-electron chi connectivity index (χ0n) is 10.3. The predicted molar refractivity (Wildman–Crippen MR) is 69.9 cm³/mol. The first-order valence-corrected chi connectivity index (χ1v) is 5.79. The van der Waals surface area contributed by atoms with E-state index in [1.807, 2.05) is 6.92 Å². The summed E-state index contributed by atoms with van der Waals surface area (Å²) >= 11 is 0. The second-order valence-corrected chi connectivity index (χ2v) is 3.68. The fourth-order valence-corrected chi connectivity index (χ4v) is 1.40. The van der Waals surface area contributed by atoms with Crippen molar-refractivity contribution in [2.75, 3.05) is 18.5 Å². The van der Waals surface area contributed by atoms with Crippen molar-refractivity contribution < 1.29 is 9.59 Å². The highest BCUT2D eigenvalue weighted by Crippen LogP contribution is 2.07. The van der Waals surface area contributed by atoms with Gasteiger partial charge >= 0.3 is 0 Å². The zero-order valence-corrected chi connectivity index (χ0v) is 10.3. The van der Waals surface area contributed by atoms with Crippen LogP contribution in [0.2, 0.25) is 0 Å². The van der Waals surface area contributed by atoms with Gasteiger partial charge in [0.1, 0.15) is 0 Å². The molecule has 0 aliphatic rings. The molecule has 0 spiro atoms. The van der Waals surface area contributed by atoms with Gasteiger partial charge in [0.05, 0.1) is 0 Å². The summed E-state index contributed by atoms with van der Waals surface area (Å²) < 4.78 is 0. The van der Waals surface area contributed by atoms with Crippen molar-refractivity contribution in [2.45, 2.75) is 13.3 Å². The fraction of sp³-hybridized carbons (Fsp3) is 0.333. The molecule has 98 valence electrons. The molecule has 0 atom stereocenters. The number of nitrogen functional groups attached to an aromatic ring is 1. The van der Waals surface area contributed by atoms with Crippen LogP contribution in [0.5, 0.6) is 0 Å². The Bertz CT molecular complexity index is 403. The molecule has 1 aromatic rings. The Balaban J connectivity index is 2.38. The molecule has 0 unspecified atom stereocenters. The minimum atomic E-state index is -0.206. The molecule has 18 heavy (non-hydrogen) atoms. The number of carbonyl (C=O) groups is 2. The molecule has 0 fully saturated rings. The minimum Gasteiger partial charge on any atom is -0.356 e. The van der Waals surface area contributed by atoms with Gasteiger partial charge in [-0.2, -0.15) is 0 Å². The topological polar surface area (TPSA) is 96.2 Å². The Morgan fingerprint density at radius 2 is 1.83 bits per heavy atom. The zero-order chi connectivity index (χ0) is 13.4. The number of nitrogens with two attached hydrogens (primary N) is 1. The highest BCUT2D eigenvalue weighted by atomic mass is 16.2. The summed E-state index contributed by atoms with van der Waals surface area (Å²) in [6, 6.07) is 6.74. The molecule has 0 aliphatic heterocycles. The number of hydrogen-bond donors (Lipinski definition) is 4. The largest absolute Gasteiger partial charge is 0.356 e. The van der Waals surface area contributed by atoms with Gasteiger partial charge < -0.3 is 16.1 Å². The van der Waals surface area contributed by atoms with E-state index in [-0.39, 0.29) is 18.2 Å². The van der Waals surface area contributed by atoms with E-state index < -0.39 is 0 Å². The van der Waals surface area contributed by atoms with Gasteiger partial charge in [0, 0.05) is 30.8 Å². The second-order valence-electron chi connectivity index (χ2n) is 3.68. The van der Waals surface area contributed by atoms with Crippen LogP contribution in [-0.4, -0.2) is 24.9 Å². The van der Waals surface area contributed by atoms with E-state index in [0.717, 1.165) is 5.69 Å². The number of benzene rings is 1. The standard InChI is InChI=1S/C12H18N4O2/c1-2-14-11(17)7-8-15-12(18)9-3-5-10(16-13)6-4-9/h3-6,16H,2,7-8,13H2,1H3,(H,14,17)(H,15,18). The molecule has 0 saturated heterocycles. The highest BCUT2D eigenvalue weighted by molar-refractivity contribution is 5.94. The Hall–Kier alpha value is -2.08. The lowest BCUT2D eigenvalue weighted by atomic mass is 10.2. The van der Waals surface area contributed by atoms with Crippen molar-refractivity contribution in [3.05, 3.63) is 29.8 Å². The van der Waals surface area contributed by atoms with Crippen LogP contribution in [0, 0.1) is 0 Å². The second kappa shape index (κ2) is 7.29. The third-order valence-electron chi connectivity index (χ3n) is 2.33. The Morgan fingerprint density at radius 1 is 1.17 bits per heavy atom. The monoisotopic (exact) mass is 250 g/mol. The molecule has 0 bridgehead atoms. The molecule has 5 N–H and O–H groups in total. The molecule has 2 amide bonds. The molecule has 0 aliphatic carbocycles. The Kier molecular flexibility index (Phi) is 5.66. The first kappa shape index (κ1) is 14.0. The van der Waals surface area contributed by atoms with Crippen LogP contribution in [-0.2, 0) is 4.79 Å². The summed E-state index contributed by atoms with van der Waals surface area (Å²) in [5.74, 6) is 4.95. The van der Waals surface area contributed by atoms with E-state index in [1.54, 1.807) is 24.3 Å². The molecular weight excluding hydrogens is 232 g/mol. The predicted octanol–water partition coefficient (Wildman–Crippen LogP) is 0.228. The molecule has 0 saturated carbocycles.